The zero-order chi connectivity index (χ0) is 20.6. The smallest absolute Gasteiger partial charge is 0.264 e. The normalized spacial score (nSPS) is 19.6. The number of nitrogens with one attached hydrogen (secondary N) is 1. The fourth-order valence-electron chi connectivity index (χ4n) is 4.56. The lowest BCUT2D eigenvalue weighted by Crippen LogP contribution is -2.43. The minimum atomic E-state index is -0.421. The Hall–Kier alpha value is -3.72. The summed E-state index contributed by atoms with van der Waals surface area (Å²) in [6, 6.07) is 17.8. The number of pyridine rings is 2. The predicted molar refractivity (Wildman–Crippen MR) is 114 cm³/mol. The van der Waals surface area contributed by atoms with Gasteiger partial charge in [0.1, 0.15) is 12.0 Å². The molecular formula is C24H21N5O. The van der Waals surface area contributed by atoms with Crippen molar-refractivity contribution < 1.29 is 4.79 Å². The van der Waals surface area contributed by atoms with E-state index in [-0.39, 0.29) is 5.91 Å². The van der Waals surface area contributed by atoms with Crippen molar-refractivity contribution >= 4 is 17.4 Å². The summed E-state index contributed by atoms with van der Waals surface area (Å²) in [6.45, 7) is 0. The van der Waals surface area contributed by atoms with Gasteiger partial charge in [-0.1, -0.05) is 31.0 Å². The first-order valence-corrected chi connectivity index (χ1v) is 10.2. The van der Waals surface area contributed by atoms with Gasteiger partial charge in [0.15, 0.2) is 0 Å². The molecule has 6 nitrogen and oxygen atoms in total. The van der Waals surface area contributed by atoms with E-state index in [2.05, 4.69) is 21.4 Å². The van der Waals surface area contributed by atoms with Crippen molar-refractivity contribution in [3.8, 4) is 6.07 Å². The average molecular weight is 395 g/mol. The molecule has 0 bridgehead atoms. The SMILES string of the molecule is N#CC1(c2ccc(N3C(=O)c4cccnc4NC3c3cccnc3)cc2)CCCC1. The third-order valence-corrected chi connectivity index (χ3v) is 6.16. The molecule has 1 unspecified atom stereocenters. The van der Waals surface area contributed by atoms with Crippen LogP contribution in [0.5, 0.6) is 0 Å². The second-order valence-corrected chi connectivity index (χ2v) is 7.86. The summed E-state index contributed by atoms with van der Waals surface area (Å²) in [6.07, 6.45) is 8.66. The molecule has 1 aliphatic heterocycles. The number of benzene rings is 1. The fourth-order valence-corrected chi connectivity index (χ4v) is 4.56. The van der Waals surface area contributed by atoms with Crippen molar-refractivity contribution in [2.45, 2.75) is 37.3 Å². The van der Waals surface area contributed by atoms with E-state index in [1.807, 2.05) is 36.4 Å². The number of rotatable bonds is 3. The zero-order valence-electron chi connectivity index (χ0n) is 16.5. The first-order valence-electron chi connectivity index (χ1n) is 10.2. The molecule has 3 heterocycles. The maximum Gasteiger partial charge on any atom is 0.264 e. The Labute approximate surface area is 175 Å². The van der Waals surface area contributed by atoms with Crippen LogP contribution in [0.15, 0.2) is 67.1 Å². The van der Waals surface area contributed by atoms with Crippen LogP contribution in [0.3, 0.4) is 0 Å². The number of hydrogen-bond donors (Lipinski definition) is 1. The van der Waals surface area contributed by atoms with Gasteiger partial charge in [0, 0.05) is 29.8 Å². The van der Waals surface area contributed by atoms with Crippen LogP contribution in [0, 0.1) is 11.3 Å². The average Bonchev–Trinajstić information content (AvgIpc) is 3.30. The number of fused-ring (bicyclic) bond motifs is 1. The number of carbonyl (C=O) groups excluding carboxylic acids is 1. The summed E-state index contributed by atoms with van der Waals surface area (Å²) in [4.78, 5) is 23.7. The highest BCUT2D eigenvalue weighted by atomic mass is 16.2. The molecule has 1 aliphatic carbocycles. The van der Waals surface area contributed by atoms with E-state index in [1.54, 1.807) is 35.6 Å². The molecule has 6 heteroatoms. The van der Waals surface area contributed by atoms with Crippen LogP contribution < -0.4 is 10.2 Å². The Morgan fingerprint density at radius 1 is 1.07 bits per heavy atom. The van der Waals surface area contributed by atoms with Gasteiger partial charge in [-0.2, -0.15) is 5.26 Å². The number of carbonyl (C=O) groups is 1. The maximum atomic E-state index is 13.4. The van der Waals surface area contributed by atoms with Crippen molar-refractivity contribution in [1.82, 2.24) is 9.97 Å². The number of anilines is 2. The minimum absolute atomic E-state index is 0.116. The molecule has 2 aromatic heterocycles. The first-order chi connectivity index (χ1) is 14.7. The van der Waals surface area contributed by atoms with Gasteiger partial charge in [-0.15, -0.1) is 0 Å². The lowest BCUT2D eigenvalue weighted by atomic mass is 9.80. The van der Waals surface area contributed by atoms with Crippen LogP contribution in [-0.4, -0.2) is 15.9 Å². The summed E-state index contributed by atoms with van der Waals surface area (Å²) in [7, 11) is 0. The lowest BCUT2D eigenvalue weighted by molar-refractivity contribution is 0.0974. The molecule has 1 amide bonds. The van der Waals surface area contributed by atoms with E-state index in [0.717, 1.165) is 42.5 Å². The quantitative estimate of drug-likeness (QED) is 0.702. The predicted octanol–water partition coefficient (Wildman–Crippen LogP) is 4.58. The Balaban J connectivity index is 1.57. The van der Waals surface area contributed by atoms with Gasteiger partial charge in [-0.25, -0.2) is 4.98 Å². The molecule has 3 aromatic rings. The molecule has 1 N–H and O–H groups in total. The van der Waals surface area contributed by atoms with Crippen molar-refractivity contribution in [3.05, 3.63) is 83.8 Å². The fraction of sp³-hybridized carbons (Fsp3) is 0.250. The Bertz CT molecular complexity index is 1110. The summed E-state index contributed by atoms with van der Waals surface area (Å²) in [5.41, 5.74) is 2.80. The molecule has 1 atom stereocenters. The molecule has 148 valence electrons. The van der Waals surface area contributed by atoms with E-state index < -0.39 is 11.6 Å². The molecule has 30 heavy (non-hydrogen) atoms. The monoisotopic (exact) mass is 395 g/mol. The van der Waals surface area contributed by atoms with E-state index in [1.165, 1.54) is 0 Å². The highest BCUT2D eigenvalue weighted by molar-refractivity contribution is 6.11. The van der Waals surface area contributed by atoms with Crippen molar-refractivity contribution in [2.24, 2.45) is 0 Å². The van der Waals surface area contributed by atoms with E-state index in [9.17, 15) is 10.1 Å². The Kier molecular flexibility index (Phi) is 4.44. The van der Waals surface area contributed by atoms with E-state index in [4.69, 9.17) is 0 Å². The van der Waals surface area contributed by atoms with Gasteiger partial charge in [0.2, 0.25) is 0 Å². The highest BCUT2D eigenvalue weighted by Gasteiger charge is 2.37. The van der Waals surface area contributed by atoms with Crippen LogP contribution in [0.4, 0.5) is 11.5 Å². The third kappa shape index (κ3) is 2.91. The van der Waals surface area contributed by atoms with E-state index >= 15 is 0 Å². The molecule has 1 aromatic carbocycles. The number of nitriles is 1. The minimum Gasteiger partial charge on any atom is -0.345 e. The van der Waals surface area contributed by atoms with Crippen LogP contribution in [0.2, 0.25) is 0 Å². The topological polar surface area (TPSA) is 81.9 Å². The molecule has 1 fully saturated rings. The summed E-state index contributed by atoms with van der Waals surface area (Å²) in [5.74, 6) is 0.452. The third-order valence-electron chi connectivity index (χ3n) is 6.16. The van der Waals surface area contributed by atoms with Crippen LogP contribution in [0.1, 0.15) is 53.3 Å². The van der Waals surface area contributed by atoms with Crippen LogP contribution in [-0.2, 0) is 5.41 Å². The van der Waals surface area contributed by atoms with Crippen molar-refractivity contribution in [1.29, 1.82) is 5.26 Å². The molecule has 1 saturated carbocycles. The first kappa shape index (κ1) is 18.3. The summed E-state index contributed by atoms with van der Waals surface area (Å²) < 4.78 is 0. The van der Waals surface area contributed by atoms with Gasteiger partial charge >= 0.3 is 0 Å². The Morgan fingerprint density at radius 2 is 1.83 bits per heavy atom. The summed E-state index contributed by atoms with van der Waals surface area (Å²) >= 11 is 0. The molecule has 0 radical (unpaired) electrons. The molecule has 0 spiro atoms. The number of amides is 1. The highest BCUT2D eigenvalue weighted by Crippen LogP contribution is 2.42. The van der Waals surface area contributed by atoms with Gasteiger partial charge in [-0.3, -0.25) is 14.7 Å². The number of hydrogen-bond acceptors (Lipinski definition) is 5. The largest absolute Gasteiger partial charge is 0.345 e. The lowest BCUT2D eigenvalue weighted by Gasteiger charge is -2.37. The summed E-state index contributed by atoms with van der Waals surface area (Å²) in [5, 5.41) is 13.2. The molecule has 5 rings (SSSR count). The van der Waals surface area contributed by atoms with Gasteiger partial charge in [-0.05, 0) is 48.7 Å². The van der Waals surface area contributed by atoms with Gasteiger partial charge < -0.3 is 5.32 Å². The number of nitrogens with zero attached hydrogens (tertiary/aromatic N) is 4. The Morgan fingerprint density at radius 3 is 2.53 bits per heavy atom. The van der Waals surface area contributed by atoms with Gasteiger partial charge in [0.05, 0.1) is 17.0 Å². The standard InChI is InChI=1S/C24H21N5O/c25-16-24(11-1-2-12-24)18-7-9-19(10-8-18)29-22(17-5-3-13-26-15-17)28-21-20(23(29)30)6-4-14-27-21/h3-10,13-15,22H,1-2,11-12H2,(H,27,28). The van der Waals surface area contributed by atoms with Crippen molar-refractivity contribution in [2.75, 3.05) is 10.2 Å². The molecular weight excluding hydrogens is 374 g/mol. The van der Waals surface area contributed by atoms with Gasteiger partial charge in [0.25, 0.3) is 5.91 Å². The van der Waals surface area contributed by atoms with E-state index in [0.29, 0.717) is 11.4 Å². The second kappa shape index (κ2) is 7.27. The van der Waals surface area contributed by atoms with Crippen molar-refractivity contribution in [3.63, 3.8) is 0 Å². The zero-order valence-corrected chi connectivity index (χ0v) is 16.5. The molecule has 0 saturated heterocycles. The molecule has 2 aliphatic rings. The van der Waals surface area contributed by atoms with Crippen LogP contribution >= 0.6 is 0 Å². The maximum absolute atomic E-state index is 13.4. The second-order valence-electron chi connectivity index (χ2n) is 7.86. The number of aromatic nitrogens is 2. The van der Waals surface area contributed by atoms with Crippen LogP contribution in [0.25, 0.3) is 0 Å².